The Morgan fingerprint density at radius 3 is 2.53 bits per heavy atom. The van der Waals surface area contributed by atoms with Crippen LogP contribution in [0.3, 0.4) is 0 Å². The highest BCUT2D eigenvalue weighted by Gasteiger charge is 2.47. The first-order chi connectivity index (χ1) is 25.4. The summed E-state index contributed by atoms with van der Waals surface area (Å²) in [6.07, 6.45) is -0.306. The number of carbonyl (C=O) groups is 1. The van der Waals surface area contributed by atoms with Crippen LogP contribution in [-0.2, 0) is 20.5 Å². The van der Waals surface area contributed by atoms with Gasteiger partial charge in [0, 0.05) is 62.1 Å². The predicted molar refractivity (Wildman–Crippen MR) is 198 cm³/mol. The molecule has 0 bridgehead atoms. The molecule has 274 valence electrons. The second-order valence-electron chi connectivity index (χ2n) is 14.0. The van der Waals surface area contributed by atoms with Crippen molar-refractivity contribution in [2.75, 3.05) is 32.1 Å². The highest BCUT2D eigenvalue weighted by Crippen LogP contribution is 2.46. The summed E-state index contributed by atoms with van der Waals surface area (Å²) >= 11 is 7.20. The average Bonchev–Trinajstić information content (AvgIpc) is 3.87. The number of halogens is 3. The van der Waals surface area contributed by atoms with Crippen molar-refractivity contribution in [2.45, 2.75) is 44.2 Å². The number of rotatable bonds is 7. The van der Waals surface area contributed by atoms with Gasteiger partial charge in [0.05, 0.1) is 28.9 Å². The summed E-state index contributed by atoms with van der Waals surface area (Å²) in [6.45, 7) is 4.09. The first kappa shape index (κ1) is 34.7. The Hall–Kier alpha value is -5.34. The number of ether oxygens (including phenoxy) is 1. The first-order valence-electron chi connectivity index (χ1n) is 17.3. The van der Waals surface area contributed by atoms with Gasteiger partial charge in [-0.3, -0.25) is 18.8 Å². The Morgan fingerprint density at radius 1 is 1.04 bits per heavy atom. The normalized spacial score (nSPS) is 19.6. The molecule has 3 N–H and O–H groups in total. The second kappa shape index (κ2) is 13.0. The van der Waals surface area contributed by atoms with E-state index in [1.807, 2.05) is 31.2 Å². The van der Waals surface area contributed by atoms with Crippen molar-refractivity contribution in [3.05, 3.63) is 96.8 Å². The van der Waals surface area contributed by atoms with Gasteiger partial charge in [0.25, 0.3) is 12.0 Å². The third-order valence-corrected chi connectivity index (χ3v) is 11.4. The summed E-state index contributed by atoms with van der Waals surface area (Å²) in [5.41, 5.74) is 4.25. The largest absolute Gasteiger partial charge is 0.481 e. The lowest BCUT2D eigenvalue weighted by atomic mass is 9.96. The van der Waals surface area contributed by atoms with Crippen molar-refractivity contribution in [2.24, 2.45) is 14.1 Å². The van der Waals surface area contributed by atoms with Crippen molar-refractivity contribution < 1.29 is 18.3 Å². The Balaban J connectivity index is 1.15. The topological polar surface area (TPSA) is 135 Å². The number of fused-ring (bicyclic) bond motifs is 2. The first-order valence-corrected chi connectivity index (χ1v) is 17.7. The smallest absolute Gasteiger partial charge is 0.330 e. The molecule has 2 saturated heterocycles. The van der Waals surface area contributed by atoms with Crippen LogP contribution in [0.15, 0.2) is 58.1 Å². The zero-order chi connectivity index (χ0) is 37.3. The van der Waals surface area contributed by atoms with E-state index in [2.05, 4.69) is 31.9 Å². The number of alkyl halides is 2. The maximum Gasteiger partial charge on any atom is 0.330 e. The molecule has 2 fully saturated rings. The van der Waals surface area contributed by atoms with Crippen LogP contribution < -0.4 is 31.9 Å². The molecule has 1 aliphatic carbocycles. The molecule has 0 saturated carbocycles. The fourth-order valence-corrected chi connectivity index (χ4v) is 8.50. The molecule has 53 heavy (non-hydrogen) atoms. The third-order valence-electron chi connectivity index (χ3n) is 11.0. The van der Waals surface area contributed by atoms with Gasteiger partial charge < -0.3 is 20.7 Å². The number of hydrogen-bond donors (Lipinski definition) is 3. The van der Waals surface area contributed by atoms with Crippen molar-refractivity contribution in [1.29, 1.82) is 0 Å². The second-order valence-corrected chi connectivity index (χ2v) is 14.4. The highest BCUT2D eigenvalue weighted by molar-refractivity contribution is 6.36. The lowest BCUT2D eigenvalue weighted by molar-refractivity contribution is 0.146. The van der Waals surface area contributed by atoms with Crippen LogP contribution in [0.2, 0.25) is 5.02 Å². The Kier molecular flexibility index (Phi) is 8.49. The number of hydrogen-bond acceptors (Lipinski definition) is 8. The number of nitrogens with zero attached hydrogens (tertiary/aromatic N) is 5. The molecule has 8 rings (SSSR count). The van der Waals surface area contributed by atoms with Gasteiger partial charge in [-0.15, -0.1) is 0 Å². The summed E-state index contributed by atoms with van der Waals surface area (Å²) in [5.74, 6) is 0.461. The zero-order valence-corrected chi connectivity index (χ0v) is 30.3. The van der Waals surface area contributed by atoms with Gasteiger partial charge in [-0.2, -0.15) is 0 Å². The number of amides is 2. The molecule has 2 amide bonds. The minimum Gasteiger partial charge on any atom is -0.481 e. The van der Waals surface area contributed by atoms with E-state index in [4.69, 9.17) is 21.3 Å². The van der Waals surface area contributed by atoms with Crippen LogP contribution >= 0.6 is 11.6 Å². The molecule has 12 nitrogen and oxygen atoms in total. The average molecular weight is 743 g/mol. The van der Waals surface area contributed by atoms with E-state index < -0.39 is 23.4 Å². The maximum absolute atomic E-state index is 14.0. The number of urea groups is 1. The number of carbonyl (C=O) groups excluding carboxylic acids is 1. The molecule has 5 heterocycles. The third kappa shape index (κ3) is 5.71. The maximum atomic E-state index is 14.0. The molecule has 1 spiro atoms. The fourth-order valence-electron chi connectivity index (χ4n) is 8.18. The van der Waals surface area contributed by atoms with E-state index in [9.17, 15) is 23.2 Å². The standard InChI is InChI=1S/C38H37ClF2N8O4/c1-19-21(7-6-10-24(19)43-33-30-28(16-26(44-33)32(40)41)47(2)37(52)48(3)35(30)50)22-8-5-9-23(31(22)39)25-15-20-11-12-27(29(20)34(45-25)53-4)49-14-13-38(18-49)17-42-36(51)46-38/h5-10,15-16,27,32H,11-14,17-18H2,1-4H3,(H,43,44)(H2,42,46,51)/t27-,38-/m1/s1. The zero-order valence-electron chi connectivity index (χ0n) is 29.5. The summed E-state index contributed by atoms with van der Waals surface area (Å²) in [7, 11) is 4.38. The minimum atomic E-state index is -2.93. The molecular formula is C38H37ClF2N8O4. The summed E-state index contributed by atoms with van der Waals surface area (Å²) in [6, 6.07) is 14.3. The molecule has 3 aromatic heterocycles. The molecule has 0 radical (unpaired) electrons. The molecule has 2 atom stereocenters. The van der Waals surface area contributed by atoms with E-state index in [1.54, 1.807) is 19.2 Å². The molecule has 0 unspecified atom stereocenters. The summed E-state index contributed by atoms with van der Waals surface area (Å²) in [4.78, 5) is 49.4. The number of aromatic nitrogens is 4. The molecule has 2 aromatic carbocycles. The van der Waals surface area contributed by atoms with Crippen molar-refractivity contribution >= 4 is 40.0 Å². The van der Waals surface area contributed by atoms with E-state index in [0.717, 1.165) is 75.4 Å². The van der Waals surface area contributed by atoms with Crippen LogP contribution in [0.5, 0.6) is 5.88 Å². The van der Waals surface area contributed by atoms with Crippen LogP contribution in [0.4, 0.5) is 25.1 Å². The van der Waals surface area contributed by atoms with Crippen molar-refractivity contribution in [3.63, 3.8) is 0 Å². The number of nitrogens with one attached hydrogen (secondary N) is 3. The molecule has 15 heteroatoms. The Labute approximate surface area is 307 Å². The van der Waals surface area contributed by atoms with Gasteiger partial charge >= 0.3 is 11.7 Å². The van der Waals surface area contributed by atoms with E-state index >= 15 is 0 Å². The van der Waals surface area contributed by atoms with E-state index in [0.29, 0.717) is 34.4 Å². The quantitative estimate of drug-likeness (QED) is 0.192. The fraction of sp³-hybridized carbons (Fsp3) is 0.342. The monoisotopic (exact) mass is 742 g/mol. The number of likely N-dealkylation sites (tertiary alicyclic amines) is 1. The number of pyridine rings is 2. The Bertz CT molecular complexity index is 2470. The molecular weight excluding hydrogens is 706 g/mol. The van der Waals surface area contributed by atoms with Gasteiger partial charge in [-0.25, -0.2) is 28.3 Å². The minimum absolute atomic E-state index is 0.00857. The lowest BCUT2D eigenvalue weighted by Gasteiger charge is -2.28. The van der Waals surface area contributed by atoms with Gasteiger partial charge in [0.2, 0.25) is 5.88 Å². The number of benzene rings is 2. The van der Waals surface area contributed by atoms with Crippen LogP contribution in [0.25, 0.3) is 33.3 Å². The van der Waals surface area contributed by atoms with Crippen LogP contribution in [0.1, 0.15) is 47.7 Å². The van der Waals surface area contributed by atoms with Gasteiger partial charge in [0.1, 0.15) is 16.9 Å². The number of methoxy groups -OCH3 is 1. The van der Waals surface area contributed by atoms with Crippen molar-refractivity contribution in [1.82, 2.24) is 34.6 Å². The van der Waals surface area contributed by atoms with Gasteiger partial charge in [0.15, 0.2) is 0 Å². The van der Waals surface area contributed by atoms with E-state index in [-0.39, 0.29) is 34.3 Å². The SMILES string of the molecule is COc1nc(-c2cccc(-c3cccc(Nc4nc(C(F)F)cc5c4c(=O)n(C)c(=O)n5C)c3C)c2Cl)cc2c1[C@H](N1CC[C@@]3(CNC(=O)N3)C1)CC2. The summed E-state index contributed by atoms with van der Waals surface area (Å²) < 4.78 is 36.0. The van der Waals surface area contributed by atoms with Gasteiger partial charge in [-0.1, -0.05) is 41.9 Å². The lowest BCUT2D eigenvalue weighted by Crippen LogP contribution is -2.46. The van der Waals surface area contributed by atoms with Crippen molar-refractivity contribution in [3.8, 4) is 28.3 Å². The predicted octanol–water partition coefficient (Wildman–Crippen LogP) is 5.76. The number of aryl methyl sites for hydroxylation is 2. The van der Waals surface area contributed by atoms with Crippen LogP contribution in [-0.4, -0.2) is 62.3 Å². The Morgan fingerprint density at radius 2 is 1.79 bits per heavy atom. The van der Waals surface area contributed by atoms with Gasteiger partial charge in [-0.05, 0) is 61.1 Å². The highest BCUT2D eigenvalue weighted by atomic mass is 35.5. The molecule has 3 aliphatic rings. The molecule has 2 aliphatic heterocycles. The summed E-state index contributed by atoms with van der Waals surface area (Å²) in [5, 5.41) is 9.62. The van der Waals surface area contributed by atoms with Crippen LogP contribution in [0, 0.1) is 6.92 Å². The number of anilines is 2. The molecule has 5 aromatic rings. The van der Waals surface area contributed by atoms with E-state index in [1.165, 1.54) is 14.1 Å².